The summed E-state index contributed by atoms with van der Waals surface area (Å²) in [5.41, 5.74) is 2.56. The molecule has 4 rings (SSSR count). The highest BCUT2D eigenvalue weighted by atomic mass is 16.5. The SMILES string of the molecule is C[C@H]1Cc2cc(C(=O)NCc3cc(=O)[nH]c(-c4ccncc4)n3)ccc2O1. The van der Waals surface area contributed by atoms with Crippen LogP contribution in [0.5, 0.6) is 5.75 Å². The summed E-state index contributed by atoms with van der Waals surface area (Å²) in [6.07, 6.45) is 4.18. The second-order valence-corrected chi connectivity index (χ2v) is 6.46. The van der Waals surface area contributed by atoms with Crippen molar-refractivity contribution in [3.05, 3.63) is 76.0 Å². The molecule has 0 bridgehead atoms. The number of amides is 1. The van der Waals surface area contributed by atoms with Crippen LogP contribution in [0.4, 0.5) is 0 Å². The van der Waals surface area contributed by atoms with Crippen molar-refractivity contribution in [2.45, 2.75) is 26.0 Å². The number of aromatic amines is 1. The molecule has 1 aliphatic rings. The molecule has 3 aromatic rings. The average molecular weight is 362 g/mol. The van der Waals surface area contributed by atoms with Crippen molar-refractivity contribution in [3.8, 4) is 17.1 Å². The van der Waals surface area contributed by atoms with Crippen molar-refractivity contribution in [3.63, 3.8) is 0 Å². The number of nitrogens with one attached hydrogen (secondary N) is 2. The van der Waals surface area contributed by atoms with Gasteiger partial charge < -0.3 is 15.0 Å². The minimum atomic E-state index is -0.273. The quantitative estimate of drug-likeness (QED) is 0.741. The molecule has 1 amide bonds. The van der Waals surface area contributed by atoms with E-state index in [2.05, 4.69) is 20.3 Å². The van der Waals surface area contributed by atoms with E-state index in [1.54, 1.807) is 30.6 Å². The summed E-state index contributed by atoms with van der Waals surface area (Å²) in [5.74, 6) is 1.06. The Labute approximate surface area is 155 Å². The molecule has 2 N–H and O–H groups in total. The van der Waals surface area contributed by atoms with Gasteiger partial charge in [0.05, 0.1) is 12.2 Å². The highest BCUT2D eigenvalue weighted by molar-refractivity contribution is 5.94. The van der Waals surface area contributed by atoms with E-state index >= 15 is 0 Å². The molecule has 0 saturated carbocycles. The van der Waals surface area contributed by atoms with Crippen molar-refractivity contribution in [1.29, 1.82) is 0 Å². The summed E-state index contributed by atoms with van der Waals surface area (Å²) in [6.45, 7) is 2.16. The summed E-state index contributed by atoms with van der Waals surface area (Å²) < 4.78 is 5.65. The van der Waals surface area contributed by atoms with Crippen LogP contribution in [0.1, 0.15) is 28.5 Å². The Morgan fingerprint density at radius 1 is 1.26 bits per heavy atom. The number of pyridine rings is 1. The zero-order valence-corrected chi connectivity index (χ0v) is 14.7. The van der Waals surface area contributed by atoms with Crippen molar-refractivity contribution in [2.24, 2.45) is 0 Å². The number of aromatic nitrogens is 3. The molecule has 27 heavy (non-hydrogen) atoms. The Hall–Kier alpha value is -3.48. The standard InChI is InChI=1S/C20H18N4O3/c1-12-8-15-9-14(2-3-17(15)27-12)20(26)22-11-16-10-18(25)24-19(23-16)13-4-6-21-7-5-13/h2-7,9-10,12H,8,11H2,1H3,(H,22,26)(H,23,24,25)/t12-/m0/s1. The zero-order valence-electron chi connectivity index (χ0n) is 14.7. The molecule has 0 fully saturated rings. The molecule has 0 spiro atoms. The van der Waals surface area contributed by atoms with E-state index < -0.39 is 0 Å². The predicted molar refractivity (Wildman–Crippen MR) is 99.5 cm³/mol. The minimum Gasteiger partial charge on any atom is -0.490 e. The second-order valence-electron chi connectivity index (χ2n) is 6.46. The van der Waals surface area contributed by atoms with Gasteiger partial charge >= 0.3 is 0 Å². The van der Waals surface area contributed by atoms with Gasteiger partial charge in [-0.05, 0) is 42.8 Å². The van der Waals surface area contributed by atoms with E-state index in [0.29, 0.717) is 17.1 Å². The molecule has 0 radical (unpaired) electrons. The number of carbonyl (C=O) groups is 1. The molecule has 0 unspecified atom stereocenters. The number of H-pyrrole nitrogens is 1. The largest absolute Gasteiger partial charge is 0.490 e. The Balaban J connectivity index is 1.49. The van der Waals surface area contributed by atoms with E-state index in [9.17, 15) is 9.59 Å². The number of carbonyl (C=O) groups excluding carboxylic acids is 1. The number of hydrogen-bond donors (Lipinski definition) is 2. The summed E-state index contributed by atoms with van der Waals surface area (Å²) >= 11 is 0. The molecule has 1 atom stereocenters. The lowest BCUT2D eigenvalue weighted by atomic mass is 10.1. The van der Waals surface area contributed by atoms with Crippen molar-refractivity contribution in [2.75, 3.05) is 0 Å². The normalized spacial score (nSPS) is 15.1. The molecular weight excluding hydrogens is 344 g/mol. The van der Waals surface area contributed by atoms with E-state index in [1.165, 1.54) is 6.07 Å². The smallest absolute Gasteiger partial charge is 0.251 e. The lowest BCUT2D eigenvalue weighted by molar-refractivity contribution is 0.0950. The number of hydrogen-bond acceptors (Lipinski definition) is 5. The van der Waals surface area contributed by atoms with Gasteiger partial charge in [0.2, 0.25) is 0 Å². The maximum atomic E-state index is 12.5. The number of fused-ring (bicyclic) bond motifs is 1. The topological polar surface area (TPSA) is 97.0 Å². The fourth-order valence-corrected chi connectivity index (χ4v) is 3.08. The lowest BCUT2D eigenvalue weighted by Crippen LogP contribution is -2.24. The Bertz CT molecular complexity index is 1050. The van der Waals surface area contributed by atoms with Crippen LogP contribution in [-0.2, 0) is 13.0 Å². The second kappa shape index (κ2) is 7.03. The molecule has 0 saturated heterocycles. The van der Waals surface area contributed by atoms with Gasteiger partial charge in [-0.1, -0.05) is 0 Å². The summed E-state index contributed by atoms with van der Waals surface area (Å²) in [5, 5.41) is 2.82. The fourth-order valence-electron chi connectivity index (χ4n) is 3.08. The molecule has 7 nitrogen and oxygen atoms in total. The van der Waals surface area contributed by atoms with Gasteiger partial charge in [0.1, 0.15) is 17.7 Å². The van der Waals surface area contributed by atoms with Crippen LogP contribution in [0.15, 0.2) is 53.6 Å². The number of benzene rings is 1. The summed E-state index contributed by atoms with van der Waals surface area (Å²) in [7, 11) is 0. The molecule has 7 heteroatoms. The third kappa shape index (κ3) is 3.72. The first-order valence-electron chi connectivity index (χ1n) is 8.67. The van der Waals surface area contributed by atoms with Crippen molar-refractivity contribution >= 4 is 5.91 Å². The molecular formula is C20H18N4O3. The molecule has 0 aliphatic carbocycles. The van der Waals surface area contributed by atoms with Gasteiger partial charge in [-0.15, -0.1) is 0 Å². The molecule has 1 aliphatic heterocycles. The lowest BCUT2D eigenvalue weighted by Gasteiger charge is -2.08. The van der Waals surface area contributed by atoms with Gasteiger partial charge in [-0.25, -0.2) is 4.98 Å². The third-order valence-corrected chi connectivity index (χ3v) is 4.34. The third-order valence-electron chi connectivity index (χ3n) is 4.34. The average Bonchev–Trinajstić information content (AvgIpc) is 3.05. The van der Waals surface area contributed by atoms with Gasteiger partial charge in [0, 0.05) is 36.0 Å². The van der Waals surface area contributed by atoms with Crippen molar-refractivity contribution in [1.82, 2.24) is 20.3 Å². The van der Waals surface area contributed by atoms with Crippen LogP contribution >= 0.6 is 0 Å². The minimum absolute atomic E-state index is 0.130. The van der Waals surface area contributed by atoms with Gasteiger partial charge in [0.25, 0.3) is 11.5 Å². The van der Waals surface area contributed by atoms with E-state index in [4.69, 9.17) is 4.74 Å². The molecule has 2 aromatic heterocycles. The summed E-state index contributed by atoms with van der Waals surface area (Å²) in [6, 6.07) is 10.3. The van der Waals surface area contributed by atoms with E-state index in [-0.39, 0.29) is 24.1 Å². The van der Waals surface area contributed by atoms with Crippen molar-refractivity contribution < 1.29 is 9.53 Å². The Morgan fingerprint density at radius 3 is 2.89 bits per heavy atom. The zero-order chi connectivity index (χ0) is 18.8. The highest BCUT2D eigenvalue weighted by Crippen LogP contribution is 2.29. The maximum absolute atomic E-state index is 12.5. The highest BCUT2D eigenvalue weighted by Gasteiger charge is 2.20. The molecule has 1 aromatic carbocycles. The van der Waals surface area contributed by atoms with Gasteiger partial charge in [-0.2, -0.15) is 0 Å². The van der Waals surface area contributed by atoms with Crippen LogP contribution in [0.3, 0.4) is 0 Å². The van der Waals surface area contributed by atoms with Gasteiger partial charge in [-0.3, -0.25) is 14.6 Å². The first-order valence-corrected chi connectivity index (χ1v) is 8.67. The maximum Gasteiger partial charge on any atom is 0.251 e. The van der Waals surface area contributed by atoms with E-state index in [0.717, 1.165) is 23.3 Å². The van der Waals surface area contributed by atoms with Gasteiger partial charge in [0.15, 0.2) is 0 Å². The number of ether oxygens (including phenoxy) is 1. The number of rotatable bonds is 4. The van der Waals surface area contributed by atoms with Crippen LogP contribution < -0.4 is 15.6 Å². The van der Waals surface area contributed by atoms with Crippen LogP contribution in [0, 0.1) is 0 Å². The molecule has 3 heterocycles. The first kappa shape index (κ1) is 17.0. The van der Waals surface area contributed by atoms with Crippen LogP contribution in [0.2, 0.25) is 0 Å². The van der Waals surface area contributed by atoms with Crippen LogP contribution in [0.25, 0.3) is 11.4 Å². The number of nitrogens with zero attached hydrogens (tertiary/aromatic N) is 2. The monoisotopic (exact) mass is 362 g/mol. The molecule has 136 valence electrons. The fraction of sp³-hybridized carbons (Fsp3) is 0.200. The predicted octanol–water partition coefficient (Wildman–Crippen LogP) is 2.09. The Kier molecular flexibility index (Phi) is 4.42. The van der Waals surface area contributed by atoms with Crippen LogP contribution in [-0.4, -0.2) is 27.0 Å². The first-order chi connectivity index (χ1) is 13.1. The summed E-state index contributed by atoms with van der Waals surface area (Å²) in [4.78, 5) is 35.5. The van der Waals surface area contributed by atoms with E-state index in [1.807, 2.05) is 19.1 Å². The Morgan fingerprint density at radius 2 is 2.07 bits per heavy atom.